The van der Waals surface area contributed by atoms with E-state index in [1.165, 1.54) is 0 Å². The van der Waals surface area contributed by atoms with Gasteiger partial charge < -0.3 is 9.52 Å². The van der Waals surface area contributed by atoms with Crippen molar-refractivity contribution in [2.45, 2.75) is 6.61 Å². The first kappa shape index (κ1) is 10.1. The maximum absolute atomic E-state index is 11.2. The van der Waals surface area contributed by atoms with Crippen LogP contribution in [0, 0.1) is 0 Å². The standard InChI is InChI=1S/C10H8ClNO3/c11-4-8(14)10-12-7-3-1-2-6(5-13)9(7)15-10/h1-3,13H,4-5H2. The van der Waals surface area contributed by atoms with E-state index in [4.69, 9.17) is 21.1 Å². The zero-order valence-electron chi connectivity index (χ0n) is 7.74. The van der Waals surface area contributed by atoms with Gasteiger partial charge in [-0.15, -0.1) is 11.6 Å². The lowest BCUT2D eigenvalue weighted by atomic mass is 10.2. The summed E-state index contributed by atoms with van der Waals surface area (Å²) in [6.07, 6.45) is 0. The fourth-order valence-corrected chi connectivity index (χ4v) is 1.42. The Kier molecular flexibility index (Phi) is 2.70. The van der Waals surface area contributed by atoms with Crippen molar-refractivity contribution >= 4 is 28.5 Å². The van der Waals surface area contributed by atoms with E-state index < -0.39 is 0 Å². The summed E-state index contributed by atoms with van der Waals surface area (Å²) >= 11 is 5.39. The first-order valence-electron chi connectivity index (χ1n) is 4.34. The Labute approximate surface area is 90.5 Å². The normalized spacial score (nSPS) is 10.8. The van der Waals surface area contributed by atoms with Gasteiger partial charge >= 0.3 is 0 Å². The van der Waals surface area contributed by atoms with Gasteiger partial charge in [0.1, 0.15) is 5.52 Å². The lowest BCUT2D eigenvalue weighted by molar-refractivity contribution is 0.0986. The number of carbonyl (C=O) groups excluding carboxylic acids is 1. The van der Waals surface area contributed by atoms with Crippen molar-refractivity contribution in [1.29, 1.82) is 0 Å². The fourth-order valence-electron chi connectivity index (χ4n) is 1.31. The number of fused-ring (bicyclic) bond motifs is 1. The van der Waals surface area contributed by atoms with E-state index in [1.807, 2.05) is 0 Å². The molecule has 1 N–H and O–H groups in total. The van der Waals surface area contributed by atoms with Crippen LogP contribution in [0.5, 0.6) is 0 Å². The van der Waals surface area contributed by atoms with Crippen LogP contribution >= 0.6 is 11.6 Å². The Morgan fingerprint density at radius 1 is 1.53 bits per heavy atom. The number of oxazole rings is 1. The van der Waals surface area contributed by atoms with Crippen molar-refractivity contribution < 1.29 is 14.3 Å². The molecular formula is C10H8ClNO3. The largest absolute Gasteiger partial charge is 0.433 e. The zero-order valence-corrected chi connectivity index (χ0v) is 8.49. The van der Waals surface area contributed by atoms with Crippen LogP contribution in [-0.4, -0.2) is 21.8 Å². The number of rotatable bonds is 3. The van der Waals surface area contributed by atoms with Crippen LogP contribution in [0.1, 0.15) is 16.2 Å². The highest BCUT2D eigenvalue weighted by molar-refractivity contribution is 6.29. The number of aliphatic hydroxyl groups excluding tert-OH is 1. The van der Waals surface area contributed by atoms with Crippen molar-refractivity contribution in [3.8, 4) is 0 Å². The minimum Gasteiger partial charge on any atom is -0.433 e. The quantitative estimate of drug-likeness (QED) is 0.639. The summed E-state index contributed by atoms with van der Waals surface area (Å²) in [5, 5.41) is 9.04. The number of hydrogen-bond acceptors (Lipinski definition) is 4. The molecule has 0 fully saturated rings. The molecule has 5 heteroatoms. The molecule has 2 aromatic rings. The van der Waals surface area contributed by atoms with Crippen LogP contribution in [0.15, 0.2) is 22.6 Å². The number of ketones is 1. The molecular weight excluding hydrogens is 218 g/mol. The van der Waals surface area contributed by atoms with Crippen LogP contribution in [0.25, 0.3) is 11.1 Å². The Bertz CT molecular complexity index is 506. The summed E-state index contributed by atoms with van der Waals surface area (Å²) in [4.78, 5) is 15.2. The van der Waals surface area contributed by atoms with E-state index in [0.29, 0.717) is 16.7 Å². The Morgan fingerprint density at radius 2 is 2.33 bits per heavy atom. The molecule has 4 nitrogen and oxygen atoms in total. The minimum atomic E-state index is -0.364. The van der Waals surface area contributed by atoms with E-state index in [2.05, 4.69) is 4.98 Å². The average molecular weight is 226 g/mol. The predicted octanol–water partition coefficient (Wildman–Crippen LogP) is 1.74. The number of alkyl halides is 1. The van der Waals surface area contributed by atoms with E-state index >= 15 is 0 Å². The number of hydrogen-bond donors (Lipinski definition) is 1. The first-order chi connectivity index (χ1) is 7.26. The molecule has 0 atom stereocenters. The lowest BCUT2D eigenvalue weighted by Crippen LogP contribution is -1.99. The van der Waals surface area contributed by atoms with Crippen LogP contribution in [-0.2, 0) is 6.61 Å². The summed E-state index contributed by atoms with van der Waals surface area (Å²) in [5.41, 5.74) is 1.59. The van der Waals surface area contributed by atoms with Gasteiger partial charge in [-0.05, 0) is 6.07 Å². The number of nitrogens with zero attached hydrogens (tertiary/aromatic N) is 1. The number of aromatic nitrogens is 1. The highest BCUT2D eigenvalue weighted by atomic mass is 35.5. The topological polar surface area (TPSA) is 63.3 Å². The van der Waals surface area contributed by atoms with E-state index in [-0.39, 0.29) is 24.2 Å². The van der Waals surface area contributed by atoms with Gasteiger partial charge in [0.2, 0.25) is 5.78 Å². The third-order valence-corrected chi connectivity index (χ3v) is 2.27. The van der Waals surface area contributed by atoms with Crippen LogP contribution < -0.4 is 0 Å². The number of benzene rings is 1. The monoisotopic (exact) mass is 225 g/mol. The first-order valence-corrected chi connectivity index (χ1v) is 4.88. The number of para-hydroxylation sites is 1. The molecule has 0 aliphatic carbocycles. The molecule has 0 spiro atoms. The Balaban J connectivity index is 2.60. The van der Waals surface area contributed by atoms with E-state index in [1.54, 1.807) is 18.2 Å². The molecule has 0 amide bonds. The van der Waals surface area contributed by atoms with Gasteiger partial charge in [-0.25, -0.2) is 4.98 Å². The van der Waals surface area contributed by atoms with Gasteiger partial charge in [-0.1, -0.05) is 12.1 Å². The van der Waals surface area contributed by atoms with Crippen molar-refractivity contribution in [2.75, 3.05) is 5.88 Å². The molecule has 0 aliphatic heterocycles. The molecule has 0 radical (unpaired) electrons. The van der Waals surface area contributed by atoms with Crippen LogP contribution in [0.4, 0.5) is 0 Å². The van der Waals surface area contributed by atoms with Crippen molar-refractivity contribution in [3.05, 3.63) is 29.7 Å². The Hall–Kier alpha value is -1.39. The third kappa shape index (κ3) is 1.73. The third-order valence-electron chi connectivity index (χ3n) is 2.03. The van der Waals surface area contributed by atoms with Gasteiger partial charge in [-0.2, -0.15) is 0 Å². The molecule has 15 heavy (non-hydrogen) atoms. The van der Waals surface area contributed by atoms with Crippen molar-refractivity contribution in [2.24, 2.45) is 0 Å². The van der Waals surface area contributed by atoms with Gasteiger partial charge in [0.25, 0.3) is 5.89 Å². The molecule has 78 valence electrons. The molecule has 0 bridgehead atoms. The van der Waals surface area contributed by atoms with E-state index in [9.17, 15) is 4.79 Å². The van der Waals surface area contributed by atoms with Gasteiger partial charge in [-0.3, -0.25) is 4.79 Å². The number of carbonyl (C=O) groups is 1. The predicted molar refractivity (Wildman–Crippen MR) is 55.0 cm³/mol. The number of aliphatic hydroxyl groups is 1. The number of halogens is 1. The SMILES string of the molecule is O=C(CCl)c1nc2cccc(CO)c2o1. The summed E-state index contributed by atoms with van der Waals surface area (Å²) < 4.78 is 5.24. The van der Waals surface area contributed by atoms with Crippen LogP contribution in [0.3, 0.4) is 0 Å². The summed E-state index contributed by atoms with van der Waals surface area (Å²) in [7, 11) is 0. The maximum atomic E-state index is 11.2. The highest BCUT2D eigenvalue weighted by Crippen LogP contribution is 2.20. The second-order valence-corrected chi connectivity index (χ2v) is 3.27. The molecule has 1 heterocycles. The molecule has 0 aliphatic rings. The molecule has 1 aromatic carbocycles. The van der Waals surface area contributed by atoms with E-state index in [0.717, 1.165) is 0 Å². The molecule has 1 aromatic heterocycles. The summed E-state index contributed by atoms with van der Waals surface area (Å²) in [6, 6.07) is 5.16. The minimum absolute atomic E-state index is 0.0131. The number of Topliss-reactive ketones (excluding diaryl/α,β-unsaturated/α-hetero) is 1. The van der Waals surface area contributed by atoms with Crippen molar-refractivity contribution in [3.63, 3.8) is 0 Å². The second kappa shape index (κ2) is 4.00. The zero-order chi connectivity index (χ0) is 10.8. The summed E-state index contributed by atoms with van der Waals surface area (Å²) in [5.74, 6) is -0.543. The molecule has 0 saturated heterocycles. The van der Waals surface area contributed by atoms with Crippen molar-refractivity contribution in [1.82, 2.24) is 4.98 Å². The van der Waals surface area contributed by atoms with Gasteiger partial charge in [0.15, 0.2) is 5.58 Å². The maximum Gasteiger partial charge on any atom is 0.265 e. The highest BCUT2D eigenvalue weighted by Gasteiger charge is 2.14. The molecule has 2 rings (SSSR count). The molecule has 0 unspecified atom stereocenters. The average Bonchev–Trinajstić information content (AvgIpc) is 2.71. The van der Waals surface area contributed by atoms with Gasteiger partial charge in [0, 0.05) is 5.56 Å². The Morgan fingerprint density at radius 3 is 3.00 bits per heavy atom. The molecule has 0 saturated carbocycles. The second-order valence-electron chi connectivity index (χ2n) is 3.00. The lowest BCUT2D eigenvalue weighted by Gasteiger charge is -1.93. The van der Waals surface area contributed by atoms with Gasteiger partial charge in [0.05, 0.1) is 12.5 Å². The fraction of sp³-hybridized carbons (Fsp3) is 0.200. The summed E-state index contributed by atoms with van der Waals surface area (Å²) in [6.45, 7) is -0.152. The van der Waals surface area contributed by atoms with Crippen LogP contribution in [0.2, 0.25) is 0 Å². The smallest absolute Gasteiger partial charge is 0.265 e.